The molecule has 1 unspecified atom stereocenters. The molecule has 1 amide bonds. The average Bonchev–Trinajstić information content (AvgIpc) is 3.50. The maximum Gasteiger partial charge on any atom is 0.300 e. The lowest BCUT2D eigenvalue weighted by atomic mass is 9.98. The highest BCUT2D eigenvalue weighted by Gasteiger charge is 2.48. The smallest absolute Gasteiger partial charge is 0.300 e. The number of furan rings is 1. The Kier molecular flexibility index (Phi) is 5.60. The van der Waals surface area contributed by atoms with Crippen molar-refractivity contribution in [3.63, 3.8) is 0 Å². The zero-order chi connectivity index (χ0) is 24.7. The van der Waals surface area contributed by atoms with Crippen molar-refractivity contribution in [2.75, 3.05) is 44.2 Å². The molecule has 9 heteroatoms. The topological polar surface area (TPSA) is 102 Å². The van der Waals surface area contributed by atoms with E-state index >= 15 is 0 Å². The Morgan fingerprint density at radius 3 is 2.46 bits per heavy atom. The Hall–Kier alpha value is -4.40. The minimum atomic E-state index is -0.994. The van der Waals surface area contributed by atoms with Gasteiger partial charge in [0.1, 0.15) is 41.4 Å². The zero-order valence-corrected chi connectivity index (χ0v) is 19.5. The molecule has 0 saturated carbocycles. The van der Waals surface area contributed by atoms with Crippen LogP contribution < -0.4 is 24.0 Å². The molecule has 1 fully saturated rings. The number of carbonyl (C=O) groups is 2. The molecule has 3 aromatic rings. The number of aliphatic hydroxyl groups is 1. The normalized spacial score (nSPS) is 18.9. The number of ether oxygens (including phenoxy) is 3. The van der Waals surface area contributed by atoms with E-state index in [4.69, 9.17) is 18.6 Å². The van der Waals surface area contributed by atoms with Gasteiger partial charge in [-0.05, 0) is 30.3 Å². The number of benzene rings is 2. The second kappa shape index (κ2) is 8.75. The first kappa shape index (κ1) is 22.4. The van der Waals surface area contributed by atoms with Gasteiger partial charge in [-0.3, -0.25) is 14.5 Å². The first-order chi connectivity index (χ1) is 16.9. The van der Waals surface area contributed by atoms with Crippen LogP contribution in [-0.2, 0) is 9.59 Å². The maximum absolute atomic E-state index is 13.3. The lowest BCUT2D eigenvalue weighted by molar-refractivity contribution is -0.132. The van der Waals surface area contributed by atoms with E-state index in [1.54, 1.807) is 48.5 Å². The number of Topliss-reactive ketones (excluding diaryl/α,β-unsaturated/α-hetero) is 1. The van der Waals surface area contributed by atoms with Gasteiger partial charge in [0, 0.05) is 30.8 Å². The molecule has 1 saturated heterocycles. The lowest BCUT2D eigenvalue weighted by Gasteiger charge is -2.28. The van der Waals surface area contributed by atoms with Gasteiger partial charge in [-0.25, -0.2) is 0 Å². The van der Waals surface area contributed by atoms with Crippen molar-refractivity contribution in [1.29, 1.82) is 0 Å². The molecule has 2 aliphatic rings. The second-order valence-electron chi connectivity index (χ2n) is 8.21. The Bertz CT molecular complexity index is 1310. The first-order valence-electron chi connectivity index (χ1n) is 11.0. The molecule has 0 radical (unpaired) electrons. The predicted molar refractivity (Wildman–Crippen MR) is 128 cm³/mol. The van der Waals surface area contributed by atoms with Crippen LogP contribution in [0.1, 0.15) is 17.4 Å². The number of nitrogens with zero attached hydrogens (tertiary/aromatic N) is 2. The average molecular weight is 476 g/mol. The molecule has 0 aliphatic carbocycles. The third-order valence-corrected chi connectivity index (χ3v) is 6.20. The summed E-state index contributed by atoms with van der Waals surface area (Å²) in [5.41, 5.74) is 1.45. The van der Waals surface area contributed by atoms with E-state index < -0.39 is 17.7 Å². The highest BCUT2D eigenvalue weighted by molar-refractivity contribution is 6.51. The zero-order valence-electron chi connectivity index (χ0n) is 19.5. The number of carbonyl (C=O) groups excluding carboxylic acids is 2. The maximum atomic E-state index is 13.3. The van der Waals surface area contributed by atoms with Gasteiger partial charge in [0.05, 0.1) is 44.0 Å². The van der Waals surface area contributed by atoms with E-state index in [1.165, 1.54) is 25.4 Å². The van der Waals surface area contributed by atoms with Gasteiger partial charge in [-0.15, -0.1) is 0 Å². The molecule has 1 atom stereocenters. The van der Waals surface area contributed by atoms with Gasteiger partial charge in [-0.2, -0.15) is 0 Å². The summed E-state index contributed by atoms with van der Waals surface area (Å²) in [6, 6.07) is 12.4. The summed E-state index contributed by atoms with van der Waals surface area (Å²) in [4.78, 5) is 29.9. The largest absolute Gasteiger partial charge is 0.507 e. The van der Waals surface area contributed by atoms with Gasteiger partial charge in [0.15, 0.2) is 0 Å². The summed E-state index contributed by atoms with van der Waals surface area (Å²) in [5, 5.41) is 11.4. The Morgan fingerprint density at radius 2 is 1.80 bits per heavy atom. The summed E-state index contributed by atoms with van der Waals surface area (Å²) < 4.78 is 22.0. The van der Waals surface area contributed by atoms with Crippen LogP contribution in [-0.4, -0.2) is 51.2 Å². The number of hydrogen-bond donors (Lipinski definition) is 1. The van der Waals surface area contributed by atoms with Gasteiger partial charge in [0.2, 0.25) is 0 Å². The molecule has 180 valence electrons. The van der Waals surface area contributed by atoms with Crippen molar-refractivity contribution < 1.29 is 33.3 Å². The molecule has 0 spiro atoms. The highest BCUT2D eigenvalue weighted by atomic mass is 16.5. The number of anilines is 2. The van der Waals surface area contributed by atoms with Crippen LogP contribution in [0.3, 0.4) is 0 Å². The monoisotopic (exact) mass is 476 g/mol. The van der Waals surface area contributed by atoms with Crippen molar-refractivity contribution in [2.24, 2.45) is 0 Å². The predicted octanol–water partition coefficient (Wildman–Crippen LogP) is 3.75. The molecule has 3 heterocycles. The van der Waals surface area contributed by atoms with Crippen molar-refractivity contribution in [3.8, 4) is 17.2 Å². The van der Waals surface area contributed by atoms with Crippen LogP contribution in [0.2, 0.25) is 0 Å². The molecule has 2 aliphatic heterocycles. The fourth-order valence-corrected chi connectivity index (χ4v) is 4.40. The van der Waals surface area contributed by atoms with E-state index in [0.29, 0.717) is 47.4 Å². The summed E-state index contributed by atoms with van der Waals surface area (Å²) in [6.07, 6.45) is 1.45. The standard InChI is InChI=1S/C26H24N2O7/c1-27-8-10-35-20-7-6-15(11-19(20)27)24(29)22-23(21-5-4-9-34-21)28(26(31)25(22)30)16-12-17(32-2)14-18(13-16)33-3/h4-7,9,11-14,23,29H,8,10H2,1-3H3/b24-22-. The van der Waals surface area contributed by atoms with Crippen LogP contribution in [0.4, 0.5) is 11.4 Å². The minimum Gasteiger partial charge on any atom is -0.507 e. The van der Waals surface area contributed by atoms with E-state index in [9.17, 15) is 14.7 Å². The van der Waals surface area contributed by atoms with E-state index in [-0.39, 0.29) is 11.3 Å². The van der Waals surface area contributed by atoms with Crippen LogP contribution in [0, 0.1) is 0 Å². The molecule has 35 heavy (non-hydrogen) atoms. The Morgan fingerprint density at radius 1 is 1.06 bits per heavy atom. The molecule has 1 N–H and O–H groups in total. The Labute approximate surface area is 201 Å². The summed E-state index contributed by atoms with van der Waals surface area (Å²) in [7, 11) is 4.91. The Balaban J connectivity index is 1.68. The first-order valence-corrected chi connectivity index (χ1v) is 11.0. The molecule has 5 rings (SSSR count). The van der Waals surface area contributed by atoms with Crippen molar-refractivity contribution in [1.82, 2.24) is 0 Å². The molecule has 2 aromatic carbocycles. The number of likely N-dealkylation sites (N-methyl/N-ethyl adjacent to an activating group) is 1. The molecule has 1 aromatic heterocycles. The van der Waals surface area contributed by atoms with E-state index in [0.717, 1.165) is 5.69 Å². The third kappa shape index (κ3) is 3.74. The number of methoxy groups -OCH3 is 2. The highest BCUT2D eigenvalue weighted by Crippen LogP contribution is 2.44. The number of rotatable bonds is 5. The number of amides is 1. The van der Waals surface area contributed by atoms with Crippen molar-refractivity contribution >= 4 is 28.8 Å². The quantitative estimate of drug-likeness (QED) is 0.338. The third-order valence-electron chi connectivity index (χ3n) is 6.20. The number of fused-ring (bicyclic) bond motifs is 1. The molecular weight excluding hydrogens is 452 g/mol. The number of ketones is 1. The van der Waals surface area contributed by atoms with E-state index in [1.807, 2.05) is 11.9 Å². The van der Waals surface area contributed by atoms with Crippen LogP contribution in [0.25, 0.3) is 5.76 Å². The second-order valence-corrected chi connectivity index (χ2v) is 8.21. The van der Waals surface area contributed by atoms with Gasteiger partial charge in [-0.1, -0.05) is 0 Å². The van der Waals surface area contributed by atoms with Crippen LogP contribution in [0.5, 0.6) is 17.2 Å². The SMILES string of the molecule is COc1cc(OC)cc(N2C(=O)C(=O)/C(=C(\O)c3ccc4c(c3)N(C)CCO4)C2c2ccco2)c1. The lowest BCUT2D eigenvalue weighted by Crippen LogP contribution is -2.29. The fourth-order valence-electron chi connectivity index (χ4n) is 4.40. The molecular formula is C26H24N2O7. The van der Waals surface area contributed by atoms with Gasteiger partial charge in [0.25, 0.3) is 11.7 Å². The number of aliphatic hydroxyl groups excluding tert-OH is 1. The minimum absolute atomic E-state index is 0.0777. The van der Waals surface area contributed by atoms with E-state index in [2.05, 4.69) is 0 Å². The summed E-state index contributed by atoms with van der Waals surface area (Å²) >= 11 is 0. The molecule has 9 nitrogen and oxygen atoms in total. The van der Waals surface area contributed by atoms with Crippen LogP contribution >= 0.6 is 0 Å². The summed E-state index contributed by atoms with van der Waals surface area (Å²) in [5.74, 6) is -0.0411. The van der Waals surface area contributed by atoms with Crippen molar-refractivity contribution in [3.05, 3.63) is 71.7 Å². The summed E-state index contributed by atoms with van der Waals surface area (Å²) in [6.45, 7) is 1.24. The van der Waals surface area contributed by atoms with Gasteiger partial charge < -0.3 is 28.6 Å². The van der Waals surface area contributed by atoms with Crippen LogP contribution in [0.15, 0.2) is 64.8 Å². The van der Waals surface area contributed by atoms with Gasteiger partial charge >= 0.3 is 0 Å². The number of hydrogen-bond acceptors (Lipinski definition) is 8. The van der Waals surface area contributed by atoms with Crippen molar-refractivity contribution in [2.45, 2.75) is 6.04 Å². The molecule has 0 bridgehead atoms. The fraction of sp³-hybridized carbons (Fsp3) is 0.231.